The summed E-state index contributed by atoms with van der Waals surface area (Å²) in [6.45, 7) is -0.332. The molecule has 2 rings (SSSR count). The Kier molecular flexibility index (Phi) is 6.80. The van der Waals surface area contributed by atoms with E-state index in [0.29, 0.717) is 5.69 Å². The average molecular weight is 395 g/mol. The zero-order valence-corrected chi connectivity index (χ0v) is 15.0. The molecule has 2 aromatic rings. The van der Waals surface area contributed by atoms with Crippen LogP contribution in [0.1, 0.15) is 0 Å². The normalized spacial score (nSPS) is 10.5. The summed E-state index contributed by atoms with van der Waals surface area (Å²) in [6.07, 6.45) is 0. The molecule has 0 fully saturated rings. The highest BCUT2D eigenvalue weighted by molar-refractivity contribution is 6.31. The van der Waals surface area contributed by atoms with E-state index in [1.165, 1.54) is 54.4 Å². The number of hydrogen-bond acceptors (Lipinski definition) is 5. The third-order valence-corrected chi connectivity index (χ3v) is 3.60. The number of rotatable bonds is 7. The minimum absolute atomic E-state index is 0.0323. The van der Waals surface area contributed by atoms with Crippen LogP contribution in [-0.2, 0) is 9.59 Å². The van der Waals surface area contributed by atoms with E-state index in [2.05, 4.69) is 10.6 Å². The second kappa shape index (κ2) is 9.06. The quantitative estimate of drug-likeness (QED) is 0.555. The predicted molar refractivity (Wildman–Crippen MR) is 99.3 cm³/mol. The third-order valence-electron chi connectivity index (χ3n) is 3.36. The van der Waals surface area contributed by atoms with E-state index in [4.69, 9.17) is 11.6 Å². The summed E-state index contributed by atoms with van der Waals surface area (Å²) < 4.78 is 13.1. The number of nitro groups is 1. The second-order valence-corrected chi connectivity index (χ2v) is 6.13. The number of hydrogen-bond donors (Lipinski definition) is 2. The largest absolute Gasteiger partial charge is 0.325 e. The molecule has 0 aromatic heterocycles. The van der Waals surface area contributed by atoms with Gasteiger partial charge in [-0.05, 0) is 37.4 Å². The zero-order chi connectivity index (χ0) is 20.0. The number of nitro benzene ring substituents is 1. The van der Waals surface area contributed by atoms with E-state index in [-0.39, 0.29) is 29.5 Å². The van der Waals surface area contributed by atoms with Crippen molar-refractivity contribution in [1.82, 2.24) is 4.90 Å². The Balaban J connectivity index is 1.91. The first kappa shape index (κ1) is 20.3. The van der Waals surface area contributed by atoms with Gasteiger partial charge in [-0.25, -0.2) is 4.39 Å². The van der Waals surface area contributed by atoms with E-state index in [1.54, 1.807) is 0 Å². The highest BCUT2D eigenvalue weighted by Gasteiger charge is 2.18. The van der Waals surface area contributed by atoms with Crippen LogP contribution >= 0.6 is 11.6 Å². The predicted octanol–water partition coefficient (Wildman–Crippen LogP) is 2.90. The monoisotopic (exact) mass is 394 g/mol. The van der Waals surface area contributed by atoms with Crippen molar-refractivity contribution in [2.45, 2.75) is 0 Å². The first-order valence-corrected chi connectivity index (χ1v) is 8.10. The maximum absolute atomic E-state index is 13.1. The molecule has 0 aliphatic rings. The SMILES string of the molecule is CN(CC(=O)Nc1cccc(F)c1)CC(=O)Nc1cc(Cl)ccc1[N+](=O)[O-]. The standard InChI is InChI=1S/C17H16ClFN4O4/c1-22(9-16(24)20-13-4-2-3-12(19)8-13)10-17(25)21-14-7-11(18)5-6-15(14)23(26)27/h2-8H,9-10H2,1H3,(H,20,24)(H,21,25). The van der Waals surface area contributed by atoms with Crippen LogP contribution in [0.4, 0.5) is 21.5 Å². The van der Waals surface area contributed by atoms with Crippen molar-refractivity contribution in [3.63, 3.8) is 0 Å². The highest BCUT2D eigenvalue weighted by atomic mass is 35.5. The summed E-state index contributed by atoms with van der Waals surface area (Å²) in [7, 11) is 1.52. The summed E-state index contributed by atoms with van der Waals surface area (Å²) in [5, 5.41) is 16.2. The fraction of sp³-hybridized carbons (Fsp3) is 0.176. The Hall–Kier alpha value is -3.04. The van der Waals surface area contributed by atoms with Crippen molar-refractivity contribution in [2.75, 3.05) is 30.8 Å². The Bertz CT molecular complexity index is 878. The molecule has 2 amide bonds. The molecule has 10 heteroatoms. The fourth-order valence-corrected chi connectivity index (χ4v) is 2.44. The zero-order valence-electron chi connectivity index (χ0n) is 14.2. The van der Waals surface area contributed by atoms with Crippen molar-refractivity contribution in [3.8, 4) is 0 Å². The van der Waals surface area contributed by atoms with Gasteiger partial charge in [-0.2, -0.15) is 0 Å². The van der Waals surface area contributed by atoms with Crippen molar-refractivity contribution >= 4 is 40.5 Å². The van der Waals surface area contributed by atoms with E-state index in [0.717, 1.165) is 0 Å². The number of nitrogens with one attached hydrogen (secondary N) is 2. The van der Waals surface area contributed by atoms with Gasteiger partial charge < -0.3 is 10.6 Å². The molecule has 27 heavy (non-hydrogen) atoms. The van der Waals surface area contributed by atoms with Gasteiger partial charge in [0.05, 0.1) is 18.0 Å². The molecule has 0 saturated heterocycles. The molecular weight excluding hydrogens is 379 g/mol. The first-order chi connectivity index (χ1) is 12.7. The number of nitrogens with zero attached hydrogens (tertiary/aromatic N) is 2. The van der Waals surface area contributed by atoms with E-state index in [1.807, 2.05) is 0 Å². The lowest BCUT2D eigenvalue weighted by Gasteiger charge is -2.16. The Morgan fingerprint density at radius 2 is 1.81 bits per heavy atom. The third kappa shape index (κ3) is 6.32. The summed E-state index contributed by atoms with van der Waals surface area (Å²) in [6, 6.07) is 9.22. The number of carbonyl (C=O) groups excluding carboxylic acids is 2. The number of carbonyl (C=O) groups is 2. The van der Waals surface area contributed by atoms with E-state index >= 15 is 0 Å². The van der Waals surface area contributed by atoms with Crippen LogP contribution in [0, 0.1) is 15.9 Å². The molecule has 142 valence electrons. The molecule has 0 aliphatic carbocycles. The van der Waals surface area contributed by atoms with Crippen LogP contribution in [0.5, 0.6) is 0 Å². The Labute approximate surface area is 159 Å². The van der Waals surface area contributed by atoms with Gasteiger partial charge in [0.2, 0.25) is 11.8 Å². The molecule has 8 nitrogen and oxygen atoms in total. The highest BCUT2D eigenvalue weighted by Crippen LogP contribution is 2.27. The van der Waals surface area contributed by atoms with Gasteiger partial charge >= 0.3 is 0 Å². The van der Waals surface area contributed by atoms with Crippen LogP contribution in [0.25, 0.3) is 0 Å². The molecule has 0 bridgehead atoms. The Morgan fingerprint density at radius 1 is 1.15 bits per heavy atom. The molecule has 0 radical (unpaired) electrons. The van der Waals surface area contributed by atoms with E-state index in [9.17, 15) is 24.1 Å². The van der Waals surface area contributed by atoms with Gasteiger partial charge in [0.25, 0.3) is 5.69 Å². The maximum Gasteiger partial charge on any atom is 0.292 e. The van der Waals surface area contributed by atoms with Gasteiger partial charge in [-0.15, -0.1) is 0 Å². The second-order valence-electron chi connectivity index (χ2n) is 5.70. The van der Waals surface area contributed by atoms with Crippen LogP contribution in [0.2, 0.25) is 5.02 Å². The number of halogens is 2. The smallest absolute Gasteiger partial charge is 0.292 e. The van der Waals surface area contributed by atoms with Gasteiger partial charge in [0.1, 0.15) is 11.5 Å². The van der Waals surface area contributed by atoms with Crippen molar-refractivity contribution in [2.24, 2.45) is 0 Å². The molecular formula is C17H16ClFN4O4. The molecule has 0 aliphatic heterocycles. The van der Waals surface area contributed by atoms with Crippen LogP contribution < -0.4 is 10.6 Å². The minimum Gasteiger partial charge on any atom is -0.325 e. The van der Waals surface area contributed by atoms with Crippen molar-refractivity contribution in [3.05, 3.63) is 63.4 Å². The molecule has 0 saturated carbocycles. The fourth-order valence-electron chi connectivity index (χ4n) is 2.27. The summed E-state index contributed by atoms with van der Waals surface area (Å²) in [5.74, 6) is -1.48. The summed E-state index contributed by atoms with van der Waals surface area (Å²) in [5.41, 5.74) is -0.0261. The lowest BCUT2D eigenvalue weighted by Crippen LogP contribution is -2.36. The number of amides is 2. The Morgan fingerprint density at radius 3 is 2.44 bits per heavy atom. The maximum atomic E-state index is 13.1. The van der Waals surface area contributed by atoms with Gasteiger partial charge in [-0.1, -0.05) is 17.7 Å². The van der Waals surface area contributed by atoms with Gasteiger partial charge in [0.15, 0.2) is 0 Å². The lowest BCUT2D eigenvalue weighted by molar-refractivity contribution is -0.383. The lowest BCUT2D eigenvalue weighted by atomic mass is 10.2. The molecule has 2 aromatic carbocycles. The number of anilines is 2. The van der Waals surface area contributed by atoms with Crippen molar-refractivity contribution < 1.29 is 18.9 Å². The molecule has 2 N–H and O–H groups in total. The number of likely N-dealkylation sites (N-methyl/N-ethyl adjacent to an activating group) is 1. The van der Waals surface area contributed by atoms with Crippen LogP contribution in [-0.4, -0.2) is 41.8 Å². The number of benzene rings is 2. The van der Waals surface area contributed by atoms with Crippen LogP contribution in [0.15, 0.2) is 42.5 Å². The van der Waals surface area contributed by atoms with Gasteiger partial charge in [0, 0.05) is 16.8 Å². The van der Waals surface area contributed by atoms with E-state index < -0.39 is 22.6 Å². The molecule has 0 atom stereocenters. The molecule has 0 spiro atoms. The molecule has 0 unspecified atom stereocenters. The van der Waals surface area contributed by atoms with Crippen LogP contribution in [0.3, 0.4) is 0 Å². The van der Waals surface area contributed by atoms with Gasteiger partial charge in [-0.3, -0.25) is 24.6 Å². The molecule has 0 heterocycles. The average Bonchev–Trinajstić information content (AvgIpc) is 2.53. The topological polar surface area (TPSA) is 105 Å². The minimum atomic E-state index is -0.637. The first-order valence-electron chi connectivity index (χ1n) is 7.72. The van der Waals surface area contributed by atoms with Crippen molar-refractivity contribution in [1.29, 1.82) is 0 Å². The summed E-state index contributed by atoms with van der Waals surface area (Å²) >= 11 is 5.80. The summed E-state index contributed by atoms with van der Waals surface area (Å²) in [4.78, 5) is 35.8.